The summed E-state index contributed by atoms with van der Waals surface area (Å²) in [5.74, 6) is 0.457. The van der Waals surface area contributed by atoms with E-state index in [4.69, 9.17) is 9.47 Å². The van der Waals surface area contributed by atoms with Crippen LogP contribution in [0.4, 0.5) is 5.69 Å². The zero-order chi connectivity index (χ0) is 16.7. The number of anilines is 1. The SMILES string of the molecule is CCO/C([O-])=C(/c1ccccc1)N(CC)c1ccc(OC)cc1.[Al+3].[Cl-].[Cl-]. The van der Waals surface area contributed by atoms with Crippen LogP contribution in [0.15, 0.2) is 60.5 Å². The maximum absolute atomic E-state index is 12.5. The van der Waals surface area contributed by atoms with E-state index < -0.39 is 0 Å². The van der Waals surface area contributed by atoms with Crippen molar-refractivity contribution in [1.82, 2.24) is 0 Å². The van der Waals surface area contributed by atoms with Crippen molar-refractivity contribution >= 4 is 28.7 Å². The minimum atomic E-state index is -0.323. The van der Waals surface area contributed by atoms with Crippen LogP contribution in [0.25, 0.3) is 5.70 Å². The van der Waals surface area contributed by atoms with Gasteiger partial charge in [0, 0.05) is 12.2 Å². The van der Waals surface area contributed by atoms with Crippen molar-refractivity contribution in [3.05, 3.63) is 66.1 Å². The van der Waals surface area contributed by atoms with Gasteiger partial charge in [-0.15, -0.1) is 0 Å². The molecule has 0 aliphatic rings. The van der Waals surface area contributed by atoms with Gasteiger partial charge in [-0.3, -0.25) is 0 Å². The first-order chi connectivity index (χ1) is 11.2. The molecule has 2 aromatic rings. The van der Waals surface area contributed by atoms with E-state index in [0.29, 0.717) is 18.8 Å². The number of hydrogen-bond acceptors (Lipinski definition) is 4. The fourth-order valence-electron chi connectivity index (χ4n) is 2.41. The van der Waals surface area contributed by atoms with Crippen molar-refractivity contribution in [1.29, 1.82) is 0 Å². The minimum Gasteiger partial charge on any atom is -1.00 e. The minimum absolute atomic E-state index is 0. The molecule has 0 aromatic heterocycles. The molecule has 0 bridgehead atoms. The first-order valence-corrected chi connectivity index (χ1v) is 7.72. The Labute approximate surface area is 178 Å². The van der Waals surface area contributed by atoms with Crippen LogP contribution in [-0.4, -0.2) is 37.6 Å². The summed E-state index contributed by atoms with van der Waals surface area (Å²) in [6.45, 7) is 4.81. The van der Waals surface area contributed by atoms with Crippen LogP contribution < -0.4 is 39.6 Å². The van der Waals surface area contributed by atoms with Gasteiger partial charge in [0.2, 0.25) is 0 Å². The van der Waals surface area contributed by atoms with Gasteiger partial charge >= 0.3 is 17.4 Å². The van der Waals surface area contributed by atoms with Crippen LogP contribution in [0.3, 0.4) is 0 Å². The molecule has 0 amide bonds. The van der Waals surface area contributed by atoms with Gasteiger partial charge in [0.15, 0.2) is 0 Å². The molecule has 0 radical (unpaired) electrons. The summed E-state index contributed by atoms with van der Waals surface area (Å²) in [4.78, 5) is 1.95. The number of benzene rings is 2. The second kappa shape index (κ2) is 13.7. The van der Waals surface area contributed by atoms with Gasteiger partial charge in [-0.2, -0.15) is 0 Å². The standard InChI is InChI=1S/C19H23NO3.Al.2ClH/c1-4-20(16-11-13-17(22-3)14-12-16)18(19(21)23-5-2)15-9-7-6-8-10-15;;;/h6-14,21H,4-5H2,1-3H3;;2*1H/q;+3;;/p-3/b19-18-;;;. The summed E-state index contributed by atoms with van der Waals surface area (Å²) >= 11 is 0. The number of ether oxygens (including phenoxy) is 2. The molecule has 2 rings (SSSR count). The number of hydrogen-bond donors (Lipinski definition) is 0. The Bertz CT molecular complexity index is 652. The van der Waals surface area contributed by atoms with E-state index >= 15 is 0 Å². The molecule has 26 heavy (non-hydrogen) atoms. The molecule has 7 heteroatoms. The summed E-state index contributed by atoms with van der Waals surface area (Å²) in [6, 6.07) is 17.2. The summed E-state index contributed by atoms with van der Waals surface area (Å²) in [5.41, 5.74) is 2.30. The van der Waals surface area contributed by atoms with Crippen molar-refractivity contribution in [2.45, 2.75) is 13.8 Å². The van der Waals surface area contributed by atoms with E-state index in [9.17, 15) is 5.11 Å². The zero-order valence-corrected chi connectivity index (χ0v) is 17.8. The third kappa shape index (κ3) is 6.66. The molecule has 0 heterocycles. The van der Waals surface area contributed by atoms with Gasteiger partial charge < -0.3 is 44.3 Å². The molecular weight excluding hydrogens is 388 g/mol. The van der Waals surface area contributed by atoms with Gasteiger partial charge in [0.1, 0.15) is 5.75 Å². The summed E-state index contributed by atoms with van der Waals surface area (Å²) in [5, 5.41) is 12.5. The second-order valence-corrected chi connectivity index (χ2v) is 4.88. The van der Waals surface area contributed by atoms with Crippen LogP contribution in [-0.2, 0) is 4.74 Å². The molecule has 0 unspecified atom stereocenters. The Balaban J connectivity index is 0. The second-order valence-electron chi connectivity index (χ2n) is 4.88. The number of halogens is 2. The maximum atomic E-state index is 12.5. The Morgan fingerprint density at radius 2 is 1.54 bits per heavy atom. The van der Waals surface area contributed by atoms with Crippen molar-refractivity contribution < 1.29 is 39.4 Å². The van der Waals surface area contributed by atoms with Crippen LogP contribution in [0.5, 0.6) is 5.75 Å². The average Bonchev–Trinajstić information content (AvgIpc) is 2.60. The van der Waals surface area contributed by atoms with Gasteiger partial charge in [0.05, 0.1) is 18.8 Å². The molecule has 0 saturated heterocycles. The molecular formula is C19H22AlCl2NO3. The van der Waals surface area contributed by atoms with E-state index in [0.717, 1.165) is 17.0 Å². The van der Waals surface area contributed by atoms with Crippen molar-refractivity contribution in [3.63, 3.8) is 0 Å². The Morgan fingerprint density at radius 3 is 2.00 bits per heavy atom. The normalized spacial score (nSPS) is 10.3. The number of methoxy groups -OCH3 is 1. The van der Waals surface area contributed by atoms with E-state index in [-0.39, 0.29) is 48.1 Å². The number of rotatable bonds is 7. The fraction of sp³-hybridized carbons (Fsp3) is 0.263. The quantitative estimate of drug-likeness (QED) is 0.358. The third-order valence-electron chi connectivity index (χ3n) is 3.49. The first kappa shape index (κ1) is 26.7. The van der Waals surface area contributed by atoms with Gasteiger partial charge in [-0.1, -0.05) is 37.3 Å². The van der Waals surface area contributed by atoms with Gasteiger partial charge in [-0.25, -0.2) is 0 Å². The van der Waals surface area contributed by atoms with Crippen molar-refractivity contribution in [2.24, 2.45) is 0 Å². The molecule has 0 saturated carbocycles. The van der Waals surface area contributed by atoms with Crippen LogP contribution in [0.1, 0.15) is 19.4 Å². The maximum Gasteiger partial charge on any atom is 3.00 e. The largest absolute Gasteiger partial charge is 3.00 e. The molecule has 2 aromatic carbocycles. The van der Waals surface area contributed by atoms with Crippen molar-refractivity contribution in [2.75, 3.05) is 25.2 Å². The Kier molecular flexibility index (Phi) is 14.0. The van der Waals surface area contributed by atoms with Crippen LogP contribution in [0.2, 0.25) is 0 Å². The van der Waals surface area contributed by atoms with Crippen molar-refractivity contribution in [3.8, 4) is 5.75 Å². The summed E-state index contributed by atoms with van der Waals surface area (Å²) < 4.78 is 10.5. The van der Waals surface area contributed by atoms with E-state index in [1.165, 1.54) is 0 Å². The average molecular weight is 410 g/mol. The molecule has 0 atom stereocenters. The molecule has 0 aliphatic heterocycles. The third-order valence-corrected chi connectivity index (χ3v) is 3.49. The monoisotopic (exact) mass is 409 g/mol. The predicted octanol–water partition coefficient (Wildman–Crippen LogP) is -3.13. The topological polar surface area (TPSA) is 44.8 Å². The van der Waals surface area contributed by atoms with Gasteiger partial charge in [-0.05, 0) is 43.4 Å². The first-order valence-electron chi connectivity index (χ1n) is 7.72. The Morgan fingerprint density at radius 1 is 0.962 bits per heavy atom. The van der Waals surface area contributed by atoms with Crippen LogP contribution >= 0.6 is 0 Å². The number of nitrogens with zero attached hydrogens (tertiary/aromatic N) is 1. The van der Waals surface area contributed by atoms with E-state index in [1.807, 2.05) is 73.3 Å². The molecule has 0 N–H and O–H groups in total. The molecule has 0 spiro atoms. The molecule has 4 nitrogen and oxygen atoms in total. The van der Waals surface area contributed by atoms with E-state index in [1.54, 1.807) is 7.11 Å². The van der Waals surface area contributed by atoms with Crippen LogP contribution in [0, 0.1) is 0 Å². The van der Waals surface area contributed by atoms with Gasteiger partial charge in [0.25, 0.3) is 0 Å². The smallest absolute Gasteiger partial charge is 1.00 e. The molecule has 138 valence electrons. The molecule has 0 fully saturated rings. The Hall–Kier alpha value is -1.51. The summed E-state index contributed by atoms with van der Waals surface area (Å²) in [7, 11) is 1.63. The predicted molar refractivity (Wildman–Crippen MR) is 96.8 cm³/mol. The summed E-state index contributed by atoms with van der Waals surface area (Å²) in [6.07, 6.45) is 0. The zero-order valence-electron chi connectivity index (χ0n) is 15.1. The molecule has 0 aliphatic carbocycles. The van der Waals surface area contributed by atoms with E-state index in [2.05, 4.69) is 0 Å². The fourth-order valence-corrected chi connectivity index (χ4v) is 2.41.